The third kappa shape index (κ3) is 3.86. The van der Waals surface area contributed by atoms with Gasteiger partial charge >= 0.3 is 0 Å². The van der Waals surface area contributed by atoms with Gasteiger partial charge in [0.05, 0.1) is 12.8 Å². The first-order chi connectivity index (χ1) is 9.83. The van der Waals surface area contributed by atoms with E-state index in [0.29, 0.717) is 6.04 Å². The van der Waals surface area contributed by atoms with Crippen molar-refractivity contribution in [1.82, 2.24) is 10.2 Å². The second kappa shape index (κ2) is 6.77. The highest BCUT2D eigenvalue weighted by atomic mass is 16.3. The standard InChI is InChI=1S/C17H28N2O/c1-14(12-18-15-6-3-2-4-7-15)19(16-9-10-16)13-17-8-5-11-20-17/h5,8,11,14-16,18H,2-4,6-7,9-10,12-13H2,1H3. The van der Waals surface area contributed by atoms with E-state index >= 15 is 0 Å². The summed E-state index contributed by atoms with van der Waals surface area (Å²) in [5.41, 5.74) is 0. The van der Waals surface area contributed by atoms with Crippen molar-refractivity contribution < 1.29 is 4.42 Å². The Morgan fingerprint density at radius 3 is 2.70 bits per heavy atom. The van der Waals surface area contributed by atoms with Crippen LogP contribution < -0.4 is 5.32 Å². The molecule has 0 aliphatic heterocycles. The number of nitrogens with one attached hydrogen (secondary N) is 1. The average Bonchev–Trinajstić information content (AvgIpc) is 3.20. The Balaban J connectivity index is 1.48. The molecule has 1 unspecified atom stereocenters. The predicted molar refractivity (Wildman–Crippen MR) is 81.6 cm³/mol. The molecule has 0 amide bonds. The first-order valence-electron chi connectivity index (χ1n) is 8.34. The molecule has 112 valence electrons. The summed E-state index contributed by atoms with van der Waals surface area (Å²) in [7, 11) is 0. The Kier molecular flexibility index (Phi) is 4.79. The summed E-state index contributed by atoms with van der Waals surface area (Å²) in [5.74, 6) is 1.10. The topological polar surface area (TPSA) is 28.4 Å². The third-order valence-corrected chi connectivity index (χ3v) is 4.81. The van der Waals surface area contributed by atoms with Crippen molar-refractivity contribution in [1.29, 1.82) is 0 Å². The molecule has 3 rings (SSSR count). The molecule has 1 atom stereocenters. The molecule has 0 spiro atoms. The summed E-state index contributed by atoms with van der Waals surface area (Å²) in [5, 5.41) is 3.79. The summed E-state index contributed by atoms with van der Waals surface area (Å²) in [4.78, 5) is 2.62. The molecular formula is C17H28N2O. The van der Waals surface area contributed by atoms with E-state index in [1.807, 2.05) is 6.07 Å². The van der Waals surface area contributed by atoms with E-state index in [4.69, 9.17) is 4.42 Å². The second-order valence-corrected chi connectivity index (χ2v) is 6.58. The third-order valence-electron chi connectivity index (χ3n) is 4.81. The highest BCUT2D eigenvalue weighted by Crippen LogP contribution is 2.30. The van der Waals surface area contributed by atoms with Gasteiger partial charge in [0.2, 0.25) is 0 Å². The van der Waals surface area contributed by atoms with Gasteiger partial charge in [0, 0.05) is 24.7 Å². The zero-order valence-electron chi connectivity index (χ0n) is 12.7. The number of hydrogen-bond donors (Lipinski definition) is 1. The summed E-state index contributed by atoms with van der Waals surface area (Å²) in [6, 6.07) is 6.22. The molecule has 20 heavy (non-hydrogen) atoms. The molecule has 1 N–H and O–H groups in total. The SMILES string of the molecule is CC(CNC1CCCCC1)N(Cc1ccco1)C1CC1. The van der Waals surface area contributed by atoms with Gasteiger partial charge in [-0.3, -0.25) is 4.90 Å². The van der Waals surface area contributed by atoms with Crippen LogP contribution in [0.25, 0.3) is 0 Å². The van der Waals surface area contributed by atoms with E-state index in [1.165, 1.54) is 44.9 Å². The van der Waals surface area contributed by atoms with Gasteiger partial charge in [-0.15, -0.1) is 0 Å². The minimum atomic E-state index is 0.592. The molecule has 1 aromatic heterocycles. The van der Waals surface area contributed by atoms with Gasteiger partial charge in [-0.25, -0.2) is 0 Å². The number of furan rings is 1. The van der Waals surface area contributed by atoms with Crippen LogP contribution in [0, 0.1) is 0 Å². The zero-order valence-corrected chi connectivity index (χ0v) is 12.7. The maximum Gasteiger partial charge on any atom is 0.117 e. The van der Waals surface area contributed by atoms with E-state index in [1.54, 1.807) is 6.26 Å². The molecule has 0 radical (unpaired) electrons. The lowest BCUT2D eigenvalue weighted by molar-refractivity contribution is 0.165. The van der Waals surface area contributed by atoms with Gasteiger partial charge in [0.25, 0.3) is 0 Å². The Hall–Kier alpha value is -0.800. The Bertz CT molecular complexity index is 380. The quantitative estimate of drug-likeness (QED) is 0.825. The fraction of sp³-hybridized carbons (Fsp3) is 0.765. The van der Waals surface area contributed by atoms with Gasteiger partial charge in [0.1, 0.15) is 5.76 Å². The van der Waals surface area contributed by atoms with E-state index < -0.39 is 0 Å². The van der Waals surface area contributed by atoms with Crippen molar-refractivity contribution in [3.05, 3.63) is 24.2 Å². The van der Waals surface area contributed by atoms with Crippen LogP contribution in [0.2, 0.25) is 0 Å². The molecule has 2 aliphatic carbocycles. The van der Waals surface area contributed by atoms with Crippen LogP contribution in [-0.2, 0) is 6.54 Å². The van der Waals surface area contributed by atoms with E-state index in [0.717, 1.165) is 30.9 Å². The van der Waals surface area contributed by atoms with Crippen molar-refractivity contribution in [2.45, 2.75) is 76.5 Å². The van der Waals surface area contributed by atoms with Crippen molar-refractivity contribution in [3.63, 3.8) is 0 Å². The summed E-state index contributed by atoms with van der Waals surface area (Å²) in [6.45, 7) is 4.43. The number of hydrogen-bond acceptors (Lipinski definition) is 3. The van der Waals surface area contributed by atoms with E-state index in [-0.39, 0.29) is 0 Å². The molecule has 0 saturated heterocycles. The monoisotopic (exact) mass is 276 g/mol. The van der Waals surface area contributed by atoms with E-state index in [9.17, 15) is 0 Å². The smallest absolute Gasteiger partial charge is 0.117 e. The predicted octanol–water partition coefficient (Wildman–Crippen LogP) is 3.55. The van der Waals surface area contributed by atoms with Crippen molar-refractivity contribution in [3.8, 4) is 0 Å². The van der Waals surface area contributed by atoms with Crippen LogP contribution in [0.4, 0.5) is 0 Å². The summed E-state index contributed by atoms with van der Waals surface area (Å²) < 4.78 is 5.52. The highest BCUT2D eigenvalue weighted by Gasteiger charge is 2.32. The minimum absolute atomic E-state index is 0.592. The maximum absolute atomic E-state index is 5.52. The first-order valence-corrected chi connectivity index (χ1v) is 8.34. The fourth-order valence-corrected chi connectivity index (χ4v) is 3.39. The van der Waals surface area contributed by atoms with E-state index in [2.05, 4.69) is 23.2 Å². The molecule has 3 heteroatoms. The second-order valence-electron chi connectivity index (χ2n) is 6.58. The van der Waals surface area contributed by atoms with Crippen LogP contribution in [0.5, 0.6) is 0 Å². The molecule has 3 nitrogen and oxygen atoms in total. The minimum Gasteiger partial charge on any atom is -0.468 e. The fourth-order valence-electron chi connectivity index (χ4n) is 3.39. The zero-order chi connectivity index (χ0) is 13.8. The largest absolute Gasteiger partial charge is 0.468 e. The molecule has 1 heterocycles. The molecule has 2 saturated carbocycles. The Morgan fingerprint density at radius 2 is 2.05 bits per heavy atom. The van der Waals surface area contributed by atoms with Crippen molar-refractivity contribution >= 4 is 0 Å². The summed E-state index contributed by atoms with van der Waals surface area (Å²) >= 11 is 0. The Labute approximate surface area is 122 Å². The highest BCUT2D eigenvalue weighted by molar-refractivity contribution is 5.00. The van der Waals surface area contributed by atoms with Gasteiger partial charge in [0.15, 0.2) is 0 Å². The van der Waals surface area contributed by atoms with Crippen molar-refractivity contribution in [2.24, 2.45) is 0 Å². The van der Waals surface area contributed by atoms with Crippen LogP contribution >= 0.6 is 0 Å². The lowest BCUT2D eigenvalue weighted by atomic mass is 9.95. The van der Waals surface area contributed by atoms with Gasteiger partial charge < -0.3 is 9.73 Å². The van der Waals surface area contributed by atoms with Gasteiger partial charge in [-0.05, 0) is 44.7 Å². The summed E-state index contributed by atoms with van der Waals surface area (Å²) in [6.07, 6.45) is 11.5. The first kappa shape index (κ1) is 14.2. The maximum atomic E-state index is 5.52. The molecule has 2 aliphatic rings. The van der Waals surface area contributed by atoms with Crippen molar-refractivity contribution in [2.75, 3.05) is 6.54 Å². The van der Waals surface area contributed by atoms with Gasteiger partial charge in [-0.2, -0.15) is 0 Å². The molecule has 2 fully saturated rings. The Morgan fingerprint density at radius 1 is 1.25 bits per heavy atom. The average molecular weight is 276 g/mol. The number of nitrogens with zero attached hydrogens (tertiary/aromatic N) is 1. The molecule has 0 aromatic carbocycles. The van der Waals surface area contributed by atoms with Crippen LogP contribution in [0.1, 0.15) is 57.6 Å². The molecule has 0 bridgehead atoms. The number of rotatable bonds is 7. The van der Waals surface area contributed by atoms with Crippen LogP contribution in [0.15, 0.2) is 22.8 Å². The molecule has 1 aromatic rings. The molecular weight excluding hydrogens is 248 g/mol. The van der Waals surface area contributed by atoms with Crippen LogP contribution in [0.3, 0.4) is 0 Å². The normalized spacial score (nSPS) is 22.3. The van der Waals surface area contributed by atoms with Gasteiger partial charge in [-0.1, -0.05) is 19.3 Å². The lowest BCUT2D eigenvalue weighted by Crippen LogP contribution is -2.44. The van der Waals surface area contributed by atoms with Crippen LogP contribution in [-0.4, -0.2) is 29.6 Å². The lowest BCUT2D eigenvalue weighted by Gasteiger charge is -2.31.